The number of hydrogen-bond acceptors (Lipinski definition) is 3. The second-order valence-electron chi connectivity index (χ2n) is 6.42. The van der Waals surface area contributed by atoms with Gasteiger partial charge in [-0.25, -0.2) is 0 Å². The minimum absolute atomic E-state index is 0.107. The van der Waals surface area contributed by atoms with Gasteiger partial charge >= 0.3 is 0 Å². The van der Waals surface area contributed by atoms with Gasteiger partial charge in [0.15, 0.2) is 0 Å². The summed E-state index contributed by atoms with van der Waals surface area (Å²) in [6.45, 7) is 0. The molecule has 5 nitrogen and oxygen atoms in total. The number of aromatic amines is 1. The summed E-state index contributed by atoms with van der Waals surface area (Å²) in [6.07, 6.45) is 2.09. The first-order valence-electron chi connectivity index (χ1n) is 8.35. The van der Waals surface area contributed by atoms with E-state index in [4.69, 9.17) is 4.74 Å². The van der Waals surface area contributed by atoms with Gasteiger partial charge in [-0.15, -0.1) is 0 Å². The Balaban J connectivity index is 1.53. The lowest BCUT2D eigenvalue weighted by molar-refractivity contribution is -0.121. The third-order valence-electron chi connectivity index (χ3n) is 4.85. The van der Waals surface area contributed by atoms with Crippen molar-refractivity contribution in [3.8, 4) is 5.75 Å². The molecule has 3 N–H and O–H groups in total. The first-order valence-corrected chi connectivity index (χ1v) is 8.35. The Morgan fingerprint density at radius 1 is 1.32 bits per heavy atom. The summed E-state index contributed by atoms with van der Waals surface area (Å²) >= 11 is 0. The molecule has 0 saturated carbocycles. The van der Waals surface area contributed by atoms with Crippen LogP contribution in [-0.2, 0) is 17.6 Å². The molecule has 0 bridgehead atoms. The minimum Gasteiger partial charge on any atom is -0.497 e. The zero-order valence-corrected chi connectivity index (χ0v) is 14.0. The summed E-state index contributed by atoms with van der Waals surface area (Å²) in [4.78, 5) is 15.7. The average Bonchev–Trinajstić information content (AvgIpc) is 3.16. The minimum atomic E-state index is -0.579. The molecule has 0 saturated heterocycles. The number of H-pyrrole nitrogens is 1. The number of hydrogen-bond donors (Lipinski definition) is 3. The molecule has 0 unspecified atom stereocenters. The van der Waals surface area contributed by atoms with Crippen LogP contribution in [0.15, 0.2) is 48.7 Å². The molecule has 3 aromatic rings. The highest BCUT2D eigenvalue weighted by atomic mass is 16.5. The van der Waals surface area contributed by atoms with E-state index in [0.29, 0.717) is 6.42 Å². The van der Waals surface area contributed by atoms with Gasteiger partial charge in [0.1, 0.15) is 5.75 Å². The van der Waals surface area contributed by atoms with Crippen LogP contribution in [0.3, 0.4) is 0 Å². The topological polar surface area (TPSA) is 74.4 Å². The number of aliphatic hydroxyl groups is 1. The van der Waals surface area contributed by atoms with E-state index in [1.807, 2.05) is 48.7 Å². The van der Waals surface area contributed by atoms with E-state index in [1.165, 1.54) is 0 Å². The predicted octanol–water partition coefficient (Wildman–Crippen LogP) is 2.49. The van der Waals surface area contributed by atoms with Crippen molar-refractivity contribution in [2.24, 2.45) is 0 Å². The number of aromatic nitrogens is 1. The molecule has 0 fully saturated rings. The Morgan fingerprint density at radius 2 is 2.16 bits per heavy atom. The van der Waals surface area contributed by atoms with Crippen LogP contribution < -0.4 is 10.1 Å². The van der Waals surface area contributed by atoms with E-state index in [0.717, 1.165) is 33.3 Å². The van der Waals surface area contributed by atoms with Crippen LogP contribution in [0.2, 0.25) is 0 Å². The van der Waals surface area contributed by atoms with Gasteiger partial charge in [0.25, 0.3) is 0 Å². The zero-order chi connectivity index (χ0) is 17.4. The first-order chi connectivity index (χ1) is 12.2. The van der Waals surface area contributed by atoms with Crippen molar-refractivity contribution >= 4 is 16.8 Å². The van der Waals surface area contributed by atoms with Crippen molar-refractivity contribution in [3.05, 3.63) is 65.4 Å². The molecule has 128 valence electrons. The highest BCUT2D eigenvalue weighted by Crippen LogP contribution is 2.31. The third kappa shape index (κ3) is 2.87. The summed E-state index contributed by atoms with van der Waals surface area (Å²) < 4.78 is 5.26. The normalized spacial score (nSPS) is 19.0. The molecule has 1 heterocycles. The van der Waals surface area contributed by atoms with Crippen LogP contribution in [0, 0.1) is 0 Å². The largest absolute Gasteiger partial charge is 0.497 e. The Labute approximate surface area is 145 Å². The number of carbonyl (C=O) groups excluding carboxylic acids is 1. The molecule has 1 aliphatic carbocycles. The van der Waals surface area contributed by atoms with E-state index in [-0.39, 0.29) is 18.4 Å². The summed E-state index contributed by atoms with van der Waals surface area (Å²) in [5.41, 5.74) is 3.98. The number of ether oxygens (including phenoxy) is 1. The molecule has 2 aromatic carbocycles. The molecule has 5 heteroatoms. The van der Waals surface area contributed by atoms with E-state index in [1.54, 1.807) is 7.11 Å². The number of carbonyl (C=O) groups is 1. The lowest BCUT2D eigenvalue weighted by Crippen LogP contribution is -2.34. The molecule has 4 rings (SSSR count). The van der Waals surface area contributed by atoms with Crippen LogP contribution in [-0.4, -0.2) is 29.2 Å². The fourth-order valence-electron chi connectivity index (χ4n) is 3.58. The van der Waals surface area contributed by atoms with Gasteiger partial charge in [0.2, 0.25) is 5.91 Å². The van der Waals surface area contributed by atoms with Crippen molar-refractivity contribution in [1.29, 1.82) is 0 Å². The van der Waals surface area contributed by atoms with Crippen LogP contribution in [0.25, 0.3) is 10.9 Å². The van der Waals surface area contributed by atoms with Crippen LogP contribution >= 0.6 is 0 Å². The lowest BCUT2D eigenvalue weighted by Gasteiger charge is -2.18. The number of aliphatic hydroxyl groups excluding tert-OH is 1. The van der Waals surface area contributed by atoms with Crippen molar-refractivity contribution in [3.63, 3.8) is 0 Å². The number of amides is 1. The maximum Gasteiger partial charge on any atom is 0.225 e. The van der Waals surface area contributed by atoms with Gasteiger partial charge in [-0.2, -0.15) is 0 Å². The number of fused-ring (bicyclic) bond motifs is 2. The summed E-state index contributed by atoms with van der Waals surface area (Å²) in [5, 5.41) is 14.2. The fourth-order valence-corrected chi connectivity index (χ4v) is 3.58. The third-order valence-corrected chi connectivity index (χ3v) is 4.85. The van der Waals surface area contributed by atoms with Gasteiger partial charge in [-0.1, -0.05) is 24.3 Å². The molecule has 25 heavy (non-hydrogen) atoms. The van der Waals surface area contributed by atoms with Gasteiger partial charge in [0, 0.05) is 23.5 Å². The first kappa shape index (κ1) is 15.7. The zero-order valence-electron chi connectivity index (χ0n) is 14.0. The quantitative estimate of drug-likeness (QED) is 0.685. The van der Waals surface area contributed by atoms with Crippen molar-refractivity contribution in [1.82, 2.24) is 10.3 Å². The number of nitrogens with one attached hydrogen (secondary N) is 2. The Bertz CT molecular complexity index is 932. The molecule has 1 aromatic heterocycles. The number of rotatable bonds is 4. The SMILES string of the molecule is COc1ccc2[nH]cc(CC(=O)N[C@H]3c4ccccc4C[C@H]3O)c2c1. The van der Waals surface area contributed by atoms with Crippen molar-refractivity contribution in [2.75, 3.05) is 7.11 Å². The maximum absolute atomic E-state index is 12.6. The number of benzene rings is 2. The molecule has 1 aliphatic rings. The van der Waals surface area contributed by atoms with E-state index in [9.17, 15) is 9.90 Å². The average molecular weight is 336 g/mol. The van der Waals surface area contributed by atoms with Crippen molar-refractivity contribution < 1.29 is 14.6 Å². The van der Waals surface area contributed by atoms with Gasteiger partial charge in [0.05, 0.1) is 25.7 Å². The second-order valence-corrected chi connectivity index (χ2v) is 6.42. The highest BCUT2D eigenvalue weighted by Gasteiger charge is 2.31. The van der Waals surface area contributed by atoms with E-state index >= 15 is 0 Å². The van der Waals surface area contributed by atoms with Crippen LogP contribution in [0.1, 0.15) is 22.7 Å². The molecule has 2 atom stereocenters. The molecule has 0 spiro atoms. The van der Waals surface area contributed by atoms with E-state index in [2.05, 4.69) is 10.3 Å². The molecule has 0 radical (unpaired) electrons. The van der Waals surface area contributed by atoms with E-state index < -0.39 is 6.10 Å². The summed E-state index contributed by atoms with van der Waals surface area (Å²) in [5.74, 6) is 0.651. The van der Waals surface area contributed by atoms with Crippen LogP contribution in [0.4, 0.5) is 0 Å². The van der Waals surface area contributed by atoms with Gasteiger partial charge < -0.3 is 20.1 Å². The second kappa shape index (κ2) is 6.26. The number of methoxy groups -OCH3 is 1. The fraction of sp³-hybridized carbons (Fsp3) is 0.250. The molecular weight excluding hydrogens is 316 g/mol. The van der Waals surface area contributed by atoms with Crippen molar-refractivity contribution in [2.45, 2.75) is 25.0 Å². The molecular formula is C20H20N2O3. The molecule has 0 aliphatic heterocycles. The van der Waals surface area contributed by atoms with Gasteiger partial charge in [-0.05, 0) is 34.9 Å². The molecule has 1 amide bonds. The smallest absolute Gasteiger partial charge is 0.225 e. The van der Waals surface area contributed by atoms with Crippen LogP contribution in [0.5, 0.6) is 5.75 Å². The van der Waals surface area contributed by atoms with Gasteiger partial charge in [-0.3, -0.25) is 4.79 Å². The maximum atomic E-state index is 12.6. The predicted molar refractivity (Wildman–Crippen MR) is 95.6 cm³/mol. The summed E-state index contributed by atoms with van der Waals surface area (Å²) in [6, 6.07) is 13.2. The standard InChI is InChI=1S/C20H20N2O3/c1-25-14-6-7-17-16(10-14)13(11-21-17)9-19(24)22-20-15-5-3-2-4-12(15)8-18(20)23/h2-7,10-11,18,20-21,23H,8-9H2,1H3,(H,22,24)/t18-,20+/m1/s1. The summed E-state index contributed by atoms with van der Waals surface area (Å²) in [7, 11) is 1.62. The monoisotopic (exact) mass is 336 g/mol. The Morgan fingerprint density at radius 3 is 3.00 bits per heavy atom. The highest BCUT2D eigenvalue weighted by molar-refractivity contribution is 5.90. The Hall–Kier alpha value is -2.79. The lowest BCUT2D eigenvalue weighted by atomic mass is 10.1. The Kier molecular flexibility index (Phi) is 3.93.